The van der Waals surface area contributed by atoms with Crippen molar-refractivity contribution in [3.8, 4) is 0 Å². The molecule has 0 aromatic heterocycles. The first-order valence-corrected chi connectivity index (χ1v) is 9.92. The van der Waals surface area contributed by atoms with Gasteiger partial charge in [0.25, 0.3) is 5.69 Å². The lowest BCUT2D eigenvalue weighted by molar-refractivity contribution is -0.384. The highest BCUT2D eigenvalue weighted by Crippen LogP contribution is 2.28. The van der Waals surface area contributed by atoms with Gasteiger partial charge in [0.2, 0.25) is 5.91 Å². The van der Waals surface area contributed by atoms with Gasteiger partial charge in [0.1, 0.15) is 6.10 Å². The molecule has 3 aromatic carbocycles. The van der Waals surface area contributed by atoms with E-state index in [0.29, 0.717) is 5.56 Å². The number of rotatable bonds is 9. The largest absolute Gasteiger partial charge is 0.394 e. The van der Waals surface area contributed by atoms with Crippen LogP contribution >= 0.6 is 0 Å². The first-order chi connectivity index (χ1) is 15.0. The maximum Gasteiger partial charge on any atom is 0.269 e. The van der Waals surface area contributed by atoms with E-state index in [9.17, 15) is 25.1 Å². The molecule has 0 saturated carbocycles. The number of carbonyl (C=O) groups excluding carboxylic acids is 1. The summed E-state index contributed by atoms with van der Waals surface area (Å²) in [6.07, 6.45) is -1.07. The molecule has 7 nitrogen and oxygen atoms in total. The summed E-state index contributed by atoms with van der Waals surface area (Å²) in [6, 6.07) is 23.7. The van der Waals surface area contributed by atoms with Crippen molar-refractivity contribution < 1.29 is 19.9 Å². The fraction of sp³-hybridized carbons (Fsp3) is 0.208. The number of nitro benzene ring substituents is 1. The molecule has 0 fully saturated rings. The third-order valence-electron chi connectivity index (χ3n) is 5.16. The summed E-state index contributed by atoms with van der Waals surface area (Å²) < 4.78 is 0. The fourth-order valence-electron chi connectivity index (χ4n) is 3.50. The Morgan fingerprint density at radius 1 is 0.871 bits per heavy atom. The van der Waals surface area contributed by atoms with Crippen LogP contribution in [0.25, 0.3) is 0 Å². The number of aliphatic hydroxyl groups is 2. The number of amides is 1. The molecule has 0 aliphatic carbocycles. The van der Waals surface area contributed by atoms with Crippen molar-refractivity contribution in [2.45, 2.75) is 24.5 Å². The van der Waals surface area contributed by atoms with Crippen molar-refractivity contribution in [3.63, 3.8) is 0 Å². The Bertz CT molecular complexity index is 954. The Balaban J connectivity index is 1.73. The number of aliphatic hydroxyl groups excluding tert-OH is 2. The summed E-state index contributed by atoms with van der Waals surface area (Å²) in [6.45, 7) is -0.481. The second-order valence-electron chi connectivity index (χ2n) is 7.23. The van der Waals surface area contributed by atoms with Crippen molar-refractivity contribution in [3.05, 3.63) is 112 Å². The maximum absolute atomic E-state index is 12.8. The number of nitro groups is 1. The highest BCUT2D eigenvalue weighted by molar-refractivity contribution is 5.78. The first-order valence-electron chi connectivity index (χ1n) is 9.92. The van der Waals surface area contributed by atoms with E-state index in [-0.39, 0.29) is 23.9 Å². The lowest BCUT2D eigenvalue weighted by Gasteiger charge is -2.24. The third-order valence-corrected chi connectivity index (χ3v) is 5.16. The van der Waals surface area contributed by atoms with E-state index in [0.717, 1.165) is 11.1 Å². The molecule has 0 aliphatic rings. The summed E-state index contributed by atoms with van der Waals surface area (Å²) in [5, 5.41) is 33.8. The number of benzene rings is 3. The predicted molar refractivity (Wildman–Crippen MR) is 116 cm³/mol. The SMILES string of the molecule is O=C(CC(c1ccccc1)c1ccccc1)NC(CO)C(O)c1ccc([N+](=O)[O-])cc1. The van der Waals surface area contributed by atoms with Crippen LogP contribution in [-0.4, -0.2) is 33.7 Å². The van der Waals surface area contributed by atoms with Gasteiger partial charge in [0.15, 0.2) is 0 Å². The summed E-state index contributed by atoms with van der Waals surface area (Å²) in [5.74, 6) is -0.504. The smallest absolute Gasteiger partial charge is 0.269 e. The van der Waals surface area contributed by atoms with Crippen LogP contribution in [-0.2, 0) is 4.79 Å². The lowest BCUT2D eigenvalue weighted by atomic mass is 9.88. The Hall–Kier alpha value is -3.55. The zero-order chi connectivity index (χ0) is 22.2. The molecule has 0 spiro atoms. The van der Waals surface area contributed by atoms with E-state index in [1.807, 2.05) is 60.7 Å². The van der Waals surface area contributed by atoms with E-state index in [2.05, 4.69) is 5.32 Å². The summed E-state index contributed by atoms with van der Waals surface area (Å²) in [7, 11) is 0. The monoisotopic (exact) mass is 420 g/mol. The van der Waals surface area contributed by atoms with E-state index in [4.69, 9.17) is 0 Å². The van der Waals surface area contributed by atoms with Gasteiger partial charge in [0, 0.05) is 24.5 Å². The molecule has 3 N–H and O–H groups in total. The van der Waals surface area contributed by atoms with E-state index >= 15 is 0 Å². The fourth-order valence-corrected chi connectivity index (χ4v) is 3.50. The number of nitrogens with zero attached hydrogens (tertiary/aromatic N) is 1. The molecular formula is C24H24N2O5. The van der Waals surface area contributed by atoms with Crippen LogP contribution in [0.4, 0.5) is 5.69 Å². The molecular weight excluding hydrogens is 396 g/mol. The molecule has 31 heavy (non-hydrogen) atoms. The number of non-ortho nitro benzene ring substituents is 1. The van der Waals surface area contributed by atoms with Gasteiger partial charge in [-0.25, -0.2) is 0 Å². The molecule has 0 bridgehead atoms. The highest BCUT2D eigenvalue weighted by Gasteiger charge is 2.25. The molecule has 0 radical (unpaired) electrons. The van der Waals surface area contributed by atoms with Crippen molar-refractivity contribution in [2.24, 2.45) is 0 Å². The predicted octanol–water partition coefficient (Wildman–Crippen LogP) is 3.33. The lowest BCUT2D eigenvalue weighted by Crippen LogP contribution is -2.42. The van der Waals surface area contributed by atoms with Crippen LogP contribution in [0, 0.1) is 10.1 Å². The van der Waals surface area contributed by atoms with Crippen LogP contribution < -0.4 is 5.32 Å². The molecule has 7 heteroatoms. The van der Waals surface area contributed by atoms with Gasteiger partial charge < -0.3 is 15.5 Å². The van der Waals surface area contributed by atoms with Gasteiger partial charge in [-0.2, -0.15) is 0 Å². The molecule has 0 saturated heterocycles. The average molecular weight is 420 g/mol. The molecule has 0 aliphatic heterocycles. The minimum absolute atomic E-state index is 0.103. The minimum atomic E-state index is -1.21. The zero-order valence-corrected chi connectivity index (χ0v) is 16.8. The topological polar surface area (TPSA) is 113 Å². The maximum atomic E-state index is 12.8. The Morgan fingerprint density at radius 3 is 1.84 bits per heavy atom. The minimum Gasteiger partial charge on any atom is -0.394 e. The van der Waals surface area contributed by atoms with E-state index in [1.54, 1.807) is 0 Å². The van der Waals surface area contributed by atoms with Crippen molar-refractivity contribution >= 4 is 11.6 Å². The molecule has 2 atom stereocenters. The number of hydrogen-bond acceptors (Lipinski definition) is 5. The number of hydrogen-bond donors (Lipinski definition) is 3. The molecule has 3 aromatic rings. The molecule has 1 amide bonds. The van der Waals surface area contributed by atoms with E-state index in [1.165, 1.54) is 24.3 Å². The van der Waals surface area contributed by atoms with Crippen LogP contribution in [0.5, 0.6) is 0 Å². The molecule has 2 unspecified atom stereocenters. The van der Waals surface area contributed by atoms with Gasteiger partial charge >= 0.3 is 0 Å². The average Bonchev–Trinajstić information content (AvgIpc) is 2.81. The Kier molecular flexibility index (Phi) is 7.48. The van der Waals surface area contributed by atoms with Crippen molar-refractivity contribution in [2.75, 3.05) is 6.61 Å². The van der Waals surface area contributed by atoms with Gasteiger partial charge in [-0.15, -0.1) is 0 Å². The first kappa shape index (κ1) is 22.1. The zero-order valence-electron chi connectivity index (χ0n) is 16.8. The quantitative estimate of drug-likeness (QED) is 0.363. The molecule has 160 valence electrons. The Labute approximate surface area is 180 Å². The van der Waals surface area contributed by atoms with Gasteiger partial charge in [0.05, 0.1) is 17.6 Å². The van der Waals surface area contributed by atoms with Gasteiger partial charge in [-0.1, -0.05) is 60.7 Å². The number of nitrogens with one attached hydrogen (secondary N) is 1. The Morgan fingerprint density at radius 2 is 1.39 bits per heavy atom. The summed E-state index contributed by atoms with van der Waals surface area (Å²) in [4.78, 5) is 23.1. The van der Waals surface area contributed by atoms with Crippen LogP contribution in [0.2, 0.25) is 0 Å². The van der Waals surface area contributed by atoms with Crippen molar-refractivity contribution in [1.82, 2.24) is 5.32 Å². The third kappa shape index (κ3) is 5.75. The van der Waals surface area contributed by atoms with Gasteiger partial charge in [-0.05, 0) is 28.8 Å². The summed E-state index contributed by atoms with van der Waals surface area (Å²) >= 11 is 0. The standard InChI is InChI=1S/C24H24N2O5/c27-16-22(24(29)19-11-13-20(14-12-19)26(30)31)25-23(28)15-21(17-7-3-1-4-8-17)18-9-5-2-6-10-18/h1-14,21-22,24,27,29H,15-16H2,(H,25,28). The second kappa shape index (κ2) is 10.5. The van der Waals surface area contributed by atoms with Gasteiger partial charge in [-0.3, -0.25) is 14.9 Å². The number of carbonyl (C=O) groups is 1. The second-order valence-corrected chi connectivity index (χ2v) is 7.23. The summed E-state index contributed by atoms with van der Waals surface area (Å²) in [5.41, 5.74) is 2.24. The van der Waals surface area contributed by atoms with Crippen LogP contribution in [0.1, 0.15) is 35.1 Å². The normalized spacial score (nSPS) is 12.9. The van der Waals surface area contributed by atoms with Crippen LogP contribution in [0.3, 0.4) is 0 Å². The van der Waals surface area contributed by atoms with E-state index < -0.39 is 23.7 Å². The van der Waals surface area contributed by atoms with Crippen LogP contribution in [0.15, 0.2) is 84.9 Å². The highest BCUT2D eigenvalue weighted by atomic mass is 16.6. The van der Waals surface area contributed by atoms with Crippen molar-refractivity contribution in [1.29, 1.82) is 0 Å². The molecule has 0 heterocycles. The molecule has 3 rings (SSSR count).